The van der Waals surface area contributed by atoms with Crippen LogP contribution in [0.2, 0.25) is 0 Å². The van der Waals surface area contributed by atoms with Gasteiger partial charge in [0.15, 0.2) is 5.12 Å². The van der Waals surface area contributed by atoms with E-state index < -0.39 is 12.0 Å². The van der Waals surface area contributed by atoms with E-state index >= 15 is 0 Å². The van der Waals surface area contributed by atoms with Gasteiger partial charge < -0.3 is 15.7 Å². The highest BCUT2D eigenvalue weighted by Gasteiger charge is 2.17. The number of Topliss-reactive ketones (excluding diaryl/α,β-unsaturated/α-hetero) is 1. The smallest absolute Gasteiger partial charge is 0.303 e. The van der Waals surface area contributed by atoms with E-state index in [-0.39, 0.29) is 36.2 Å². The molecule has 0 aliphatic heterocycles. The molecule has 0 saturated carbocycles. The Morgan fingerprint density at radius 3 is 1.84 bits per heavy atom. The Kier molecular flexibility index (Phi) is 31.9. The third-order valence-corrected chi connectivity index (χ3v) is 3.28. The van der Waals surface area contributed by atoms with Gasteiger partial charge in [0.05, 0.1) is 18.3 Å². The number of aliphatic carboxylic acids is 1. The molecule has 0 unspecified atom stereocenters. The third-order valence-electron chi connectivity index (χ3n) is 2.18. The lowest BCUT2D eigenvalue weighted by Gasteiger charge is -2.14. The van der Waals surface area contributed by atoms with Gasteiger partial charge in [0.1, 0.15) is 5.78 Å². The van der Waals surface area contributed by atoms with Crippen molar-refractivity contribution >= 4 is 47.2 Å². The van der Waals surface area contributed by atoms with Gasteiger partial charge in [0.2, 0.25) is 5.91 Å². The topological polar surface area (TPSA) is 113 Å². The second kappa shape index (κ2) is 25.2. The van der Waals surface area contributed by atoms with Crippen molar-refractivity contribution in [3.05, 3.63) is 0 Å². The monoisotopic (exact) mass is 398 g/mol. The van der Waals surface area contributed by atoms with Crippen LogP contribution < -0.4 is 10.6 Å². The van der Waals surface area contributed by atoms with E-state index in [1.807, 2.05) is 27.7 Å². The Balaban J connectivity index is -0.000000184. The van der Waals surface area contributed by atoms with Crippen molar-refractivity contribution in [1.29, 1.82) is 0 Å². The molecule has 0 aromatic carbocycles. The van der Waals surface area contributed by atoms with Crippen LogP contribution in [0.3, 0.4) is 0 Å². The first-order chi connectivity index (χ1) is 11.8. The van der Waals surface area contributed by atoms with Crippen molar-refractivity contribution in [2.45, 2.75) is 53.5 Å². The van der Waals surface area contributed by atoms with Gasteiger partial charge in [0.25, 0.3) is 0 Å². The van der Waals surface area contributed by atoms with Crippen LogP contribution in [0.25, 0.3) is 0 Å². The van der Waals surface area contributed by atoms with Gasteiger partial charge in [-0.25, -0.2) is 0 Å². The van der Waals surface area contributed by atoms with E-state index in [1.165, 1.54) is 18.7 Å². The Bertz CT molecular complexity index is 360. The normalized spacial score (nSPS) is 9.60. The van der Waals surface area contributed by atoms with Gasteiger partial charge in [-0.05, 0) is 26.6 Å². The molecule has 0 aromatic heterocycles. The van der Waals surface area contributed by atoms with Crippen LogP contribution in [0, 0.1) is 0 Å². The van der Waals surface area contributed by atoms with Gasteiger partial charge in [-0.3, -0.25) is 19.2 Å². The molecule has 3 N–H and O–H groups in total. The van der Waals surface area contributed by atoms with E-state index in [2.05, 4.69) is 23.3 Å². The number of hydrogen-bond acceptors (Lipinski definition) is 7. The quantitative estimate of drug-likeness (QED) is 0.463. The van der Waals surface area contributed by atoms with Gasteiger partial charge in [-0.1, -0.05) is 39.5 Å². The van der Waals surface area contributed by atoms with Crippen LogP contribution in [0.1, 0.15) is 47.5 Å². The molecule has 1 amide bonds. The standard InChI is InChI=1S/C9H16N2O4.C3H6OS2.2C2H6/c1-6(12)5-11-9(15)7(10-2)3-4-8(13)14;1-6-3(4)2-5;2*1-2/h7,10H,3-5H2,1-2H3,(H,11,15)(H,13,14);5H,2H2,1H3;2*1-2H3/t7-;;;/m0.../s1. The molecule has 0 saturated heterocycles. The first-order valence-electron chi connectivity index (χ1n) is 8.12. The fraction of sp³-hybridized carbons (Fsp3) is 0.750. The van der Waals surface area contributed by atoms with Gasteiger partial charge in [0, 0.05) is 6.42 Å². The SMILES string of the molecule is CC.CC.CN[C@@H](CCC(=O)O)C(=O)NCC(C)=O.CSC(=O)CS. The lowest BCUT2D eigenvalue weighted by Crippen LogP contribution is -2.44. The first-order valence-corrected chi connectivity index (χ1v) is 9.98. The number of thiol groups is 1. The molecule has 0 bridgehead atoms. The predicted molar refractivity (Wildman–Crippen MR) is 108 cm³/mol. The summed E-state index contributed by atoms with van der Waals surface area (Å²) in [6.45, 7) is 9.34. The summed E-state index contributed by atoms with van der Waals surface area (Å²) in [5.41, 5.74) is 0. The molecular formula is C16H34N2O5S2. The second-order valence-electron chi connectivity index (χ2n) is 3.93. The number of hydrogen-bond donors (Lipinski definition) is 4. The number of thioether (sulfide) groups is 1. The second-order valence-corrected chi connectivity index (χ2v) is 5.11. The van der Waals surface area contributed by atoms with Crippen molar-refractivity contribution in [3.8, 4) is 0 Å². The zero-order valence-corrected chi connectivity index (χ0v) is 18.1. The lowest BCUT2D eigenvalue weighted by atomic mass is 10.1. The van der Waals surface area contributed by atoms with Crippen molar-refractivity contribution in [2.24, 2.45) is 0 Å². The number of carbonyl (C=O) groups excluding carboxylic acids is 3. The minimum atomic E-state index is -0.949. The minimum absolute atomic E-state index is 0.0237. The number of carboxylic acid groups (broad SMARTS) is 1. The molecule has 0 rings (SSSR count). The fourth-order valence-electron chi connectivity index (χ4n) is 1.07. The molecule has 7 nitrogen and oxygen atoms in total. The molecule has 0 radical (unpaired) electrons. The highest BCUT2D eigenvalue weighted by Crippen LogP contribution is 1.97. The van der Waals surface area contributed by atoms with Crippen LogP contribution in [0.15, 0.2) is 0 Å². The molecule has 0 aromatic rings. The number of ketones is 1. The zero-order chi connectivity index (χ0) is 20.8. The Morgan fingerprint density at radius 2 is 1.60 bits per heavy atom. The average molecular weight is 399 g/mol. The highest BCUT2D eigenvalue weighted by molar-refractivity contribution is 8.14. The molecular weight excluding hydrogens is 364 g/mol. The summed E-state index contributed by atoms with van der Waals surface area (Å²) in [6, 6.07) is -0.569. The van der Waals surface area contributed by atoms with Gasteiger partial charge in [-0.2, -0.15) is 12.6 Å². The maximum atomic E-state index is 11.4. The van der Waals surface area contributed by atoms with Gasteiger partial charge >= 0.3 is 5.97 Å². The molecule has 0 fully saturated rings. The lowest BCUT2D eigenvalue weighted by molar-refractivity contribution is -0.137. The highest BCUT2D eigenvalue weighted by atomic mass is 32.2. The maximum absolute atomic E-state index is 11.4. The molecule has 9 heteroatoms. The number of carbonyl (C=O) groups is 4. The largest absolute Gasteiger partial charge is 0.481 e. The van der Waals surface area contributed by atoms with Crippen LogP contribution in [-0.2, 0) is 19.2 Å². The number of likely N-dealkylation sites (N-methyl/N-ethyl adjacent to an activating group) is 1. The van der Waals surface area contributed by atoms with Crippen LogP contribution >= 0.6 is 24.4 Å². The van der Waals surface area contributed by atoms with Crippen molar-refractivity contribution in [3.63, 3.8) is 0 Å². The number of rotatable bonds is 8. The fourth-order valence-corrected chi connectivity index (χ4v) is 1.59. The van der Waals surface area contributed by atoms with E-state index in [4.69, 9.17) is 5.11 Å². The minimum Gasteiger partial charge on any atom is -0.481 e. The summed E-state index contributed by atoms with van der Waals surface area (Å²) in [5, 5.41) is 13.7. The number of carboxylic acids is 1. The Hall–Kier alpha value is -1.06. The molecule has 0 aliphatic rings. The van der Waals surface area contributed by atoms with E-state index in [9.17, 15) is 19.2 Å². The Labute approximate surface area is 161 Å². The molecule has 0 spiro atoms. The van der Waals surface area contributed by atoms with Gasteiger partial charge in [-0.15, -0.1) is 0 Å². The van der Waals surface area contributed by atoms with E-state index in [1.54, 1.807) is 13.3 Å². The molecule has 25 heavy (non-hydrogen) atoms. The van der Waals surface area contributed by atoms with E-state index in [0.29, 0.717) is 5.75 Å². The summed E-state index contributed by atoms with van der Waals surface area (Å²) in [4.78, 5) is 42.3. The van der Waals surface area contributed by atoms with E-state index in [0.717, 1.165) is 0 Å². The Morgan fingerprint density at radius 1 is 1.12 bits per heavy atom. The predicted octanol–water partition coefficient (Wildman–Crippen LogP) is 2.00. The first kappa shape index (κ1) is 31.7. The summed E-state index contributed by atoms with van der Waals surface area (Å²) >= 11 is 4.93. The summed E-state index contributed by atoms with van der Waals surface area (Å²) < 4.78 is 0. The summed E-state index contributed by atoms with van der Waals surface area (Å²) in [5.74, 6) is -1.10. The maximum Gasteiger partial charge on any atom is 0.303 e. The average Bonchev–Trinajstić information content (AvgIpc) is 2.63. The summed E-state index contributed by atoms with van der Waals surface area (Å²) in [7, 11) is 1.57. The number of nitrogens with one attached hydrogen (secondary N) is 2. The molecule has 0 aliphatic carbocycles. The molecule has 150 valence electrons. The molecule has 0 heterocycles. The molecule has 1 atom stereocenters. The summed E-state index contributed by atoms with van der Waals surface area (Å²) in [6.07, 6.45) is 1.87. The number of amides is 1. The van der Waals surface area contributed by atoms with Crippen LogP contribution in [0.5, 0.6) is 0 Å². The van der Waals surface area contributed by atoms with Crippen molar-refractivity contribution in [1.82, 2.24) is 10.6 Å². The zero-order valence-electron chi connectivity index (χ0n) is 16.3. The van der Waals surface area contributed by atoms with Crippen LogP contribution in [-0.4, -0.2) is 59.5 Å². The van der Waals surface area contributed by atoms with Crippen molar-refractivity contribution < 1.29 is 24.3 Å². The van der Waals surface area contributed by atoms with Crippen LogP contribution in [0.4, 0.5) is 0 Å². The van der Waals surface area contributed by atoms with Crippen molar-refractivity contribution in [2.75, 3.05) is 25.6 Å². The third kappa shape index (κ3) is 28.0.